The minimum Gasteiger partial charge on any atom is -0.328 e. The molecule has 2 bridgehead atoms. The highest BCUT2D eigenvalue weighted by molar-refractivity contribution is 4.99. The zero-order valence-electron chi connectivity index (χ0n) is 13.8. The predicted molar refractivity (Wildman–Crippen MR) is 85.6 cm³/mol. The van der Waals surface area contributed by atoms with Crippen molar-refractivity contribution in [1.29, 1.82) is 0 Å². The van der Waals surface area contributed by atoms with E-state index in [9.17, 15) is 0 Å². The Hall–Kier alpha value is -0.0800. The van der Waals surface area contributed by atoms with Crippen molar-refractivity contribution >= 4 is 0 Å². The van der Waals surface area contributed by atoms with E-state index in [1.165, 1.54) is 64.6 Å². The van der Waals surface area contributed by atoms with Crippen LogP contribution in [-0.2, 0) is 0 Å². The summed E-state index contributed by atoms with van der Waals surface area (Å²) in [6.07, 6.45) is 9.76. The monoisotopic (exact) mass is 278 g/mol. The molecule has 2 unspecified atom stereocenters. The van der Waals surface area contributed by atoms with Crippen LogP contribution in [0.25, 0.3) is 0 Å². The first-order valence-corrected chi connectivity index (χ1v) is 8.84. The lowest BCUT2D eigenvalue weighted by molar-refractivity contribution is -0.0351. The molecule has 2 saturated carbocycles. The minimum atomic E-state index is 0.461. The van der Waals surface area contributed by atoms with Gasteiger partial charge in [0.2, 0.25) is 0 Å². The third-order valence-electron chi connectivity index (χ3n) is 6.23. The molecule has 0 aromatic carbocycles. The Bertz CT molecular complexity index is 343. The van der Waals surface area contributed by atoms with E-state index in [4.69, 9.17) is 5.73 Å². The molecule has 2 aliphatic carbocycles. The van der Waals surface area contributed by atoms with E-state index in [0.717, 1.165) is 11.8 Å². The molecule has 0 amide bonds. The van der Waals surface area contributed by atoms with E-state index < -0.39 is 0 Å². The number of fused-ring (bicyclic) bond motifs is 2. The van der Waals surface area contributed by atoms with E-state index in [1.807, 2.05) is 0 Å². The molecule has 3 aliphatic rings. The maximum atomic E-state index is 6.05. The van der Waals surface area contributed by atoms with Crippen LogP contribution in [0.1, 0.15) is 65.7 Å². The van der Waals surface area contributed by atoms with E-state index in [-0.39, 0.29) is 0 Å². The summed E-state index contributed by atoms with van der Waals surface area (Å²) in [5.74, 6) is 1.95. The van der Waals surface area contributed by atoms with Gasteiger partial charge in [-0.2, -0.15) is 0 Å². The van der Waals surface area contributed by atoms with Gasteiger partial charge >= 0.3 is 0 Å². The number of piperidine rings is 1. The van der Waals surface area contributed by atoms with Crippen molar-refractivity contribution in [2.75, 3.05) is 19.6 Å². The van der Waals surface area contributed by atoms with Gasteiger partial charge in [0, 0.05) is 12.6 Å². The van der Waals surface area contributed by atoms with Crippen molar-refractivity contribution in [3.63, 3.8) is 0 Å². The Morgan fingerprint density at radius 2 is 1.80 bits per heavy atom. The van der Waals surface area contributed by atoms with Gasteiger partial charge < -0.3 is 10.6 Å². The summed E-state index contributed by atoms with van der Waals surface area (Å²) in [5.41, 5.74) is 7.23. The van der Waals surface area contributed by atoms with Crippen LogP contribution >= 0.6 is 0 Å². The predicted octanol–water partition coefficient (Wildman–Crippen LogP) is 3.65. The zero-order chi connectivity index (χ0) is 14.4. The molecule has 0 spiro atoms. The summed E-state index contributed by atoms with van der Waals surface area (Å²) in [6.45, 7) is 11.4. The topological polar surface area (TPSA) is 29.3 Å². The van der Waals surface area contributed by atoms with Gasteiger partial charge in [-0.25, -0.2) is 0 Å². The van der Waals surface area contributed by atoms with E-state index >= 15 is 0 Å². The molecule has 20 heavy (non-hydrogen) atoms. The summed E-state index contributed by atoms with van der Waals surface area (Å²) in [7, 11) is 0. The summed E-state index contributed by atoms with van der Waals surface area (Å²) in [6, 6.07) is 0.461. The Labute approximate surface area is 125 Å². The Kier molecular flexibility index (Phi) is 3.92. The molecular weight excluding hydrogens is 244 g/mol. The number of nitrogens with zero attached hydrogens (tertiary/aromatic N) is 1. The molecule has 3 rings (SSSR count). The number of likely N-dealkylation sites (tertiary alicyclic amines) is 1. The molecule has 0 radical (unpaired) electrons. The average molecular weight is 278 g/mol. The van der Waals surface area contributed by atoms with Crippen molar-refractivity contribution in [2.45, 2.75) is 71.8 Å². The highest BCUT2D eigenvalue weighted by Crippen LogP contribution is 2.56. The van der Waals surface area contributed by atoms with Gasteiger partial charge in [-0.05, 0) is 80.7 Å². The maximum Gasteiger partial charge on any atom is 0.00631 e. The molecule has 1 saturated heterocycles. The van der Waals surface area contributed by atoms with Crippen molar-refractivity contribution in [3.8, 4) is 0 Å². The van der Waals surface area contributed by atoms with Crippen LogP contribution in [0.5, 0.6) is 0 Å². The largest absolute Gasteiger partial charge is 0.328 e. The molecular formula is C18H34N2. The van der Waals surface area contributed by atoms with Crippen LogP contribution in [0.4, 0.5) is 0 Å². The van der Waals surface area contributed by atoms with Gasteiger partial charge in [-0.15, -0.1) is 0 Å². The Balaban J connectivity index is 1.64. The fourth-order valence-electron chi connectivity index (χ4n) is 6.23. The third kappa shape index (κ3) is 3.22. The second-order valence-corrected chi connectivity index (χ2v) is 9.23. The summed E-state index contributed by atoms with van der Waals surface area (Å²) in [5, 5.41) is 0. The van der Waals surface area contributed by atoms with Crippen LogP contribution < -0.4 is 5.73 Å². The molecule has 4 atom stereocenters. The van der Waals surface area contributed by atoms with Crippen LogP contribution in [0.15, 0.2) is 0 Å². The number of hydrogen-bond donors (Lipinski definition) is 1. The standard InChI is InChI=1S/C18H34N2/c1-14-8-15-10-17(2,9-14)12-18(3,11-15)13-20-6-4-16(19)5-7-20/h14-16H,4-13,19H2,1-3H3/t14-,15?,17+,18?/m0/s1. The van der Waals surface area contributed by atoms with E-state index in [0.29, 0.717) is 16.9 Å². The summed E-state index contributed by atoms with van der Waals surface area (Å²) < 4.78 is 0. The quantitative estimate of drug-likeness (QED) is 0.835. The summed E-state index contributed by atoms with van der Waals surface area (Å²) in [4.78, 5) is 2.71. The first-order valence-electron chi connectivity index (χ1n) is 8.84. The fourth-order valence-corrected chi connectivity index (χ4v) is 6.23. The van der Waals surface area contributed by atoms with E-state index in [1.54, 1.807) is 0 Å². The zero-order valence-corrected chi connectivity index (χ0v) is 13.8. The van der Waals surface area contributed by atoms with Crippen LogP contribution in [-0.4, -0.2) is 30.6 Å². The van der Waals surface area contributed by atoms with Crippen molar-refractivity contribution in [2.24, 2.45) is 28.4 Å². The first-order chi connectivity index (χ1) is 9.36. The highest BCUT2D eigenvalue weighted by Gasteiger charge is 2.47. The third-order valence-corrected chi connectivity index (χ3v) is 6.23. The van der Waals surface area contributed by atoms with Crippen LogP contribution in [0.2, 0.25) is 0 Å². The van der Waals surface area contributed by atoms with Crippen LogP contribution in [0.3, 0.4) is 0 Å². The smallest absolute Gasteiger partial charge is 0.00631 e. The lowest BCUT2D eigenvalue weighted by atomic mass is 9.53. The second kappa shape index (κ2) is 5.28. The molecule has 0 aromatic heterocycles. The van der Waals surface area contributed by atoms with Crippen molar-refractivity contribution in [1.82, 2.24) is 4.90 Å². The van der Waals surface area contributed by atoms with Crippen molar-refractivity contribution < 1.29 is 0 Å². The highest BCUT2D eigenvalue weighted by atomic mass is 15.1. The lowest BCUT2D eigenvalue weighted by Gasteiger charge is -2.54. The van der Waals surface area contributed by atoms with Gasteiger partial charge in [0.15, 0.2) is 0 Å². The van der Waals surface area contributed by atoms with Gasteiger partial charge in [0.25, 0.3) is 0 Å². The Morgan fingerprint density at radius 1 is 1.10 bits per heavy atom. The normalized spacial score (nSPS) is 47.4. The molecule has 1 aliphatic heterocycles. The number of nitrogens with two attached hydrogens (primary N) is 1. The second-order valence-electron chi connectivity index (χ2n) is 9.23. The molecule has 2 heteroatoms. The summed E-state index contributed by atoms with van der Waals surface area (Å²) >= 11 is 0. The van der Waals surface area contributed by atoms with Crippen molar-refractivity contribution in [3.05, 3.63) is 0 Å². The Morgan fingerprint density at radius 3 is 2.45 bits per heavy atom. The number of hydrogen-bond acceptors (Lipinski definition) is 2. The van der Waals surface area contributed by atoms with Crippen LogP contribution in [0, 0.1) is 22.7 Å². The van der Waals surface area contributed by atoms with Gasteiger partial charge in [-0.1, -0.05) is 20.8 Å². The van der Waals surface area contributed by atoms with Gasteiger partial charge in [0.1, 0.15) is 0 Å². The fraction of sp³-hybridized carbons (Fsp3) is 1.00. The molecule has 116 valence electrons. The molecule has 0 aromatic rings. The SMILES string of the molecule is C[C@H]1CC2CC(C)(CN3CCC(N)CC3)C[C@@](C)(C2)C1. The molecule has 2 nitrogen and oxygen atoms in total. The van der Waals surface area contributed by atoms with E-state index in [2.05, 4.69) is 25.7 Å². The molecule has 2 N–H and O–H groups in total. The van der Waals surface area contributed by atoms with Gasteiger partial charge in [0.05, 0.1) is 0 Å². The molecule has 1 heterocycles. The van der Waals surface area contributed by atoms with Gasteiger partial charge in [-0.3, -0.25) is 0 Å². The average Bonchev–Trinajstić information content (AvgIpc) is 2.28. The minimum absolute atomic E-state index is 0.461. The lowest BCUT2D eigenvalue weighted by Crippen LogP contribution is -2.49. The molecule has 3 fully saturated rings. The maximum absolute atomic E-state index is 6.05. The first kappa shape index (κ1) is 14.8. The number of rotatable bonds is 2.